The largest absolute Gasteiger partial charge is 0.484 e. The van der Waals surface area contributed by atoms with Gasteiger partial charge in [0.1, 0.15) is 41.3 Å². The molecule has 2 aromatic carbocycles. The number of hydrogen-bond donors (Lipinski definition) is 1. The van der Waals surface area contributed by atoms with Crippen LogP contribution in [0.3, 0.4) is 0 Å². The van der Waals surface area contributed by atoms with Crippen LogP contribution >= 0.6 is 11.6 Å². The molecule has 170 valence electrons. The second-order valence-corrected chi connectivity index (χ2v) is 8.05. The van der Waals surface area contributed by atoms with E-state index in [1.54, 1.807) is 16.8 Å². The second kappa shape index (κ2) is 8.61. The van der Waals surface area contributed by atoms with Crippen molar-refractivity contribution < 1.29 is 18.3 Å². The molecule has 0 aliphatic carbocycles. The highest BCUT2D eigenvalue weighted by molar-refractivity contribution is 6.32. The molecule has 0 fully saturated rings. The third kappa shape index (κ3) is 3.76. The minimum absolute atomic E-state index is 0.00984. The molecule has 1 aliphatic heterocycles. The molecule has 5 rings (SSSR count). The number of allylic oxidation sites excluding steroid dienone is 1. The van der Waals surface area contributed by atoms with Crippen molar-refractivity contribution in [3.63, 3.8) is 0 Å². The number of rotatable bonds is 5. The Labute approximate surface area is 199 Å². The second-order valence-electron chi connectivity index (χ2n) is 7.64. The van der Waals surface area contributed by atoms with Crippen molar-refractivity contribution in [3.8, 4) is 23.4 Å². The normalized spacial score (nSPS) is 14.9. The van der Waals surface area contributed by atoms with Crippen LogP contribution in [0, 0.1) is 24.1 Å². The number of aryl methyl sites for hydroxylation is 1. The van der Waals surface area contributed by atoms with Crippen LogP contribution in [-0.2, 0) is 6.61 Å². The van der Waals surface area contributed by atoms with Crippen molar-refractivity contribution in [2.45, 2.75) is 19.4 Å². The minimum Gasteiger partial charge on any atom is -0.484 e. The number of fused-ring (bicyclic) bond motifs is 1. The standard InChI is InChI=1S/C25H18ClFN4O3/c1-14-22-23(21-10-8-17(33-21)13-32-20-9-7-15(27)11-19(20)26)18(12-28)24(29)34-25(22)31(30-14)16-5-3-2-4-6-16/h2-11,23H,13,29H2,1H3. The first kappa shape index (κ1) is 21.6. The summed E-state index contributed by atoms with van der Waals surface area (Å²) in [6.07, 6.45) is 0. The average molecular weight is 477 g/mol. The average Bonchev–Trinajstić information content (AvgIpc) is 3.43. The fraction of sp³-hybridized carbons (Fsp3) is 0.120. The van der Waals surface area contributed by atoms with Crippen molar-refractivity contribution in [2.75, 3.05) is 0 Å². The number of ether oxygens (including phenoxy) is 2. The Balaban J connectivity index is 1.50. The number of nitrogens with zero attached hydrogens (tertiary/aromatic N) is 3. The van der Waals surface area contributed by atoms with Crippen LogP contribution in [0.1, 0.15) is 28.7 Å². The lowest BCUT2D eigenvalue weighted by atomic mass is 9.88. The van der Waals surface area contributed by atoms with Gasteiger partial charge in [-0.15, -0.1) is 0 Å². The van der Waals surface area contributed by atoms with Crippen molar-refractivity contribution in [3.05, 3.63) is 106 Å². The quantitative estimate of drug-likeness (QED) is 0.416. The summed E-state index contributed by atoms with van der Waals surface area (Å²) in [5, 5.41) is 14.6. The molecular weight excluding hydrogens is 459 g/mol. The fourth-order valence-corrected chi connectivity index (χ4v) is 4.13. The van der Waals surface area contributed by atoms with Crippen molar-refractivity contribution in [2.24, 2.45) is 5.73 Å². The summed E-state index contributed by atoms with van der Waals surface area (Å²) in [4.78, 5) is 0. The first-order chi connectivity index (χ1) is 16.5. The van der Waals surface area contributed by atoms with Gasteiger partial charge in [0, 0.05) is 0 Å². The van der Waals surface area contributed by atoms with E-state index >= 15 is 0 Å². The van der Waals surface area contributed by atoms with E-state index in [9.17, 15) is 9.65 Å². The molecule has 0 amide bonds. The fourth-order valence-electron chi connectivity index (χ4n) is 3.91. The monoisotopic (exact) mass is 476 g/mol. The van der Waals surface area contributed by atoms with Gasteiger partial charge in [-0.3, -0.25) is 0 Å². The zero-order valence-electron chi connectivity index (χ0n) is 18.0. The van der Waals surface area contributed by atoms with Gasteiger partial charge in [-0.25, -0.2) is 9.07 Å². The summed E-state index contributed by atoms with van der Waals surface area (Å²) in [7, 11) is 0. The highest BCUT2D eigenvalue weighted by Crippen LogP contribution is 2.45. The molecule has 4 aromatic rings. The van der Waals surface area contributed by atoms with E-state index in [-0.39, 0.29) is 23.1 Å². The van der Waals surface area contributed by atoms with Crippen LogP contribution in [0.2, 0.25) is 5.02 Å². The van der Waals surface area contributed by atoms with Gasteiger partial charge in [0.25, 0.3) is 0 Å². The zero-order valence-corrected chi connectivity index (χ0v) is 18.7. The zero-order chi connectivity index (χ0) is 23.8. The molecule has 2 aromatic heterocycles. The third-order valence-corrected chi connectivity index (χ3v) is 5.76. The molecule has 9 heteroatoms. The van der Waals surface area contributed by atoms with Gasteiger partial charge in [0.15, 0.2) is 0 Å². The molecular formula is C25H18ClFN4O3. The molecule has 0 saturated heterocycles. The Morgan fingerprint density at radius 2 is 2.00 bits per heavy atom. The highest BCUT2D eigenvalue weighted by atomic mass is 35.5. The molecule has 0 bridgehead atoms. The highest BCUT2D eigenvalue weighted by Gasteiger charge is 2.38. The Hall–Kier alpha value is -4.22. The minimum atomic E-state index is -0.602. The Morgan fingerprint density at radius 3 is 2.74 bits per heavy atom. The Kier molecular flexibility index (Phi) is 5.48. The maximum absolute atomic E-state index is 13.3. The molecule has 0 radical (unpaired) electrons. The summed E-state index contributed by atoms with van der Waals surface area (Å²) < 4.78 is 32.5. The van der Waals surface area contributed by atoms with Crippen LogP contribution in [0.5, 0.6) is 11.6 Å². The van der Waals surface area contributed by atoms with Crippen LogP contribution in [0.25, 0.3) is 5.69 Å². The van der Waals surface area contributed by atoms with Crippen LogP contribution in [0.4, 0.5) is 4.39 Å². The van der Waals surface area contributed by atoms with Gasteiger partial charge in [0.2, 0.25) is 11.8 Å². The van der Waals surface area contributed by atoms with Crippen LogP contribution < -0.4 is 15.2 Å². The van der Waals surface area contributed by atoms with Gasteiger partial charge < -0.3 is 19.6 Å². The smallest absolute Gasteiger partial charge is 0.229 e. The number of nitriles is 1. The lowest BCUT2D eigenvalue weighted by Gasteiger charge is -2.23. The predicted octanol–water partition coefficient (Wildman–Crippen LogP) is 5.36. The lowest BCUT2D eigenvalue weighted by Crippen LogP contribution is -2.21. The number of halogens is 2. The molecule has 1 unspecified atom stereocenters. The molecule has 2 N–H and O–H groups in total. The van der Waals surface area contributed by atoms with E-state index in [0.717, 1.165) is 5.69 Å². The lowest BCUT2D eigenvalue weighted by molar-refractivity contribution is 0.264. The molecule has 0 spiro atoms. The molecule has 3 heterocycles. The van der Waals surface area contributed by atoms with E-state index in [0.29, 0.717) is 34.4 Å². The number of benzene rings is 2. The number of para-hydroxylation sites is 1. The van der Waals surface area contributed by atoms with Gasteiger partial charge >= 0.3 is 0 Å². The first-order valence-electron chi connectivity index (χ1n) is 10.3. The topological polar surface area (TPSA) is 99.2 Å². The molecule has 34 heavy (non-hydrogen) atoms. The SMILES string of the molecule is Cc1nn(-c2ccccc2)c2c1C(c1ccc(COc3ccc(F)cc3Cl)o1)C(C#N)=C(N)O2. The molecule has 1 atom stereocenters. The van der Waals surface area contributed by atoms with Crippen molar-refractivity contribution in [1.29, 1.82) is 5.26 Å². The van der Waals surface area contributed by atoms with Crippen molar-refractivity contribution in [1.82, 2.24) is 9.78 Å². The van der Waals surface area contributed by atoms with Gasteiger partial charge in [-0.1, -0.05) is 29.8 Å². The summed E-state index contributed by atoms with van der Waals surface area (Å²) in [5.74, 6) is 0.677. The summed E-state index contributed by atoms with van der Waals surface area (Å²) in [6, 6.07) is 19.0. The van der Waals surface area contributed by atoms with Crippen LogP contribution in [-0.4, -0.2) is 9.78 Å². The van der Waals surface area contributed by atoms with Gasteiger partial charge in [0.05, 0.1) is 27.9 Å². The number of hydrogen-bond acceptors (Lipinski definition) is 6. The van der Waals surface area contributed by atoms with Gasteiger partial charge in [-0.05, 0) is 49.4 Å². The number of aromatic nitrogens is 2. The molecule has 0 saturated carbocycles. The third-order valence-electron chi connectivity index (χ3n) is 5.46. The van der Waals surface area contributed by atoms with Crippen LogP contribution in [0.15, 0.2) is 76.5 Å². The van der Waals surface area contributed by atoms with Gasteiger partial charge in [-0.2, -0.15) is 10.4 Å². The maximum Gasteiger partial charge on any atom is 0.229 e. The number of nitrogens with two attached hydrogens (primary N) is 1. The predicted molar refractivity (Wildman–Crippen MR) is 122 cm³/mol. The number of furan rings is 1. The Bertz CT molecular complexity index is 1450. The van der Waals surface area contributed by atoms with E-state index in [1.165, 1.54) is 18.2 Å². The summed E-state index contributed by atoms with van der Waals surface area (Å²) in [6.45, 7) is 1.90. The van der Waals surface area contributed by atoms with Crippen molar-refractivity contribution >= 4 is 11.6 Å². The molecule has 7 nitrogen and oxygen atoms in total. The van der Waals surface area contributed by atoms with E-state index < -0.39 is 11.7 Å². The summed E-state index contributed by atoms with van der Waals surface area (Å²) >= 11 is 6.03. The van der Waals surface area contributed by atoms with E-state index in [4.69, 9.17) is 31.2 Å². The molecule has 1 aliphatic rings. The maximum atomic E-state index is 13.3. The first-order valence-corrected chi connectivity index (χ1v) is 10.7. The summed E-state index contributed by atoms with van der Waals surface area (Å²) in [5.41, 5.74) is 8.53. The van der Waals surface area contributed by atoms with E-state index in [2.05, 4.69) is 11.2 Å². The van der Waals surface area contributed by atoms with E-state index in [1.807, 2.05) is 37.3 Å². The Morgan fingerprint density at radius 1 is 1.21 bits per heavy atom.